The van der Waals surface area contributed by atoms with Crippen LogP contribution in [-0.4, -0.2) is 35.8 Å². The Kier molecular flexibility index (Phi) is 6.50. The van der Waals surface area contributed by atoms with Gasteiger partial charge in [-0.05, 0) is 61.9 Å². The number of nitrogens with one attached hydrogen (secondary N) is 1. The lowest BCUT2D eigenvalue weighted by molar-refractivity contribution is -0.134. The van der Waals surface area contributed by atoms with E-state index in [1.807, 2.05) is 67.3 Å². The predicted molar refractivity (Wildman–Crippen MR) is 112 cm³/mol. The molecule has 1 N–H and O–H groups in total. The number of nitrogens with zero attached hydrogens (tertiary/aromatic N) is 1. The molecule has 28 heavy (non-hydrogen) atoms. The highest BCUT2D eigenvalue weighted by molar-refractivity contribution is 5.94. The van der Waals surface area contributed by atoms with Gasteiger partial charge in [0, 0.05) is 24.7 Å². The molecule has 2 aromatic rings. The molecule has 0 saturated carbocycles. The normalized spacial score (nSPS) is 15.9. The summed E-state index contributed by atoms with van der Waals surface area (Å²) in [6, 6.07) is 15.9. The molecule has 0 aromatic heterocycles. The first-order valence-corrected chi connectivity index (χ1v) is 10.2. The van der Waals surface area contributed by atoms with E-state index >= 15 is 0 Å². The molecule has 2 aromatic carbocycles. The average molecular weight is 379 g/mol. The first kappa shape index (κ1) is 20.1. The minimum absolute atomic E-state index is 0.0244. The second-order valence-electron chi connectivity index (χ2n) is 7.74. The largest absolute Gasteiger partial charge is 0.349 e. The maximum absolute atomic E-state index is 13.0. The van der Waals surface area contributed by atoms with Crippen molar-refractivity contribution in [3.63, 3.8) is 0 Å². The van der Waals surface area contributed by atoms with Crippen LogP contribution in [0.2, 0.25) is 0 Å². The van der Waals surface area contributed by atoms with Gasteiger partial charge >= 0.3 is 0 Å². The van der Waals surface area contributed by atoms with Crippen molar-refractivity contribution in [3.8, 4) is 0 Å². The molecule has 0 unspecified atom stereocenters. The van der Waals surface area contributed by atoms with E-state index in [2.05, 4.69) is 12.2 Å². The first-order valence-electron chi connectivity index (χ1n) is 10.2. The van der Waals surface area contributed by atoms with Crippen molar-refractivity contribution in [1.29, 1.82) is 0 Å². The van der Waals surface area contributed by atoms with E-state index in [0.717, 1.165) is 30.4 Å². The third-order valence-electron chi connectivity index (χ3n) is 5.82. The van der Waals surface area contributed by atoms with E-state index in [1.165, 1.54) is 5.56 Å². The zero-order valence-corrected chi connectivity index (χ0v) is 17.1. The summed E-state index contributed by atoms with van der Waals surface area (Å²) in [5, 5.41) is 3.14. The molecule has 0 radical (unpaired) electrons. The van der Waals surface area contributed by atoms with Crippen molar-refractivity contribution in [2.75, 3.05) is 13.1 Å². The van der Waals surface area contributed by atoms with Crippen LogP contribution in [0.15, 0.2) is 48.5 Å². The number of aryl methyl sites for hydroxylation is 2. The van der Waals surface area contributed by atoms with Crippen LogP contribution in [0.25, 0.3) is 0 Å². The molecule has 1 aliphatic rings. The molecule has 1 fully saturated rings. The molecule has 1 saturated heterocycles. The van der Waals surface area contributed by atoms with E-state index in [9.17, 15) is 9.59 Å². The monoisotopic (exact) mass is 378 g/mol. The summed E-state index contributed by atoms with van der Waals surface area (Å²) >= 11 is 0. The summed E-state index contributed by atoms with van der Waals surface area (Å²) in [5.41, 5.74) is 4.10. The van der Waals surface area contributed by atoms with E-state index < -0.39 is 0 Å². The number of hydrogen-bond acceptors (Lipinski definition) is 2. The average Bonchev–Trinajstić information content (AvgIpc) is 2.72. The summed E-state index contributed by atoms with van der Waals surface area (Å²) < 4.78 is 0. The first-order chi connectivity index (χ1) is 13.5. The van der Waals surface area contributed by atoms with Crippen molar-refractivity contribution < 1.29 is 9.59 Å². The molecule has 2 amide bonds. The van der Waals surface area contributed by atoms with Gasteiger partial charge in [0.05, 0.1) is 5.92 Å². The van der Waals surface area contributed by atoms with Crippen LogP contribution in [0.4, 0.5) is 0 Å². The van der Waals surface area contributed by atoms with Crippen LogP contribution in [0.1, 0.15) is 59.2 Å². The fourth-order valence-corrected chi connectivity index (χ4v) is 3.85. The second kappa shape index (κ2) is 9.05. The molecule has 1 heterocycles. The van der Waals surface area contributed by atoms with Crippen molar-refractivity contribution in [2.24, 2.45) is 0 Å². The smallest absolute Gasteiger partial charge is 0.251 e. The predicted octanol–water partition coefficient (Wildman–Crippen LogP) is 4.22. The van der Waals surface area contributed by atoms with Gasteiger partial charge in [-0.2, -0.15) is 0 Å². The Bertz CT molecular complexity index is 824. The molecule has 0 bridgehead atoms. The Morgan fingerprint density at radius 2 is 1.71 bits per heavy atom. The lowest BCUT2D eigenvalue weighted by Gasteiger charge is -2.34. The number of carbonyl (C=O) groups excluding carboxylic acids is 2. The molecule has 0 spiro atoms. The molecule has 1 atom stereocenters. The van der Waals surface area contributed by atoms with Gasteiger partial charge < -0.3 is 10.2 Å². The maximum Gasteiger partial charge on any atom is 0.251 e. The number of rotatable bonds is 5. The number of likely N-dealkylation sites (tertiary alicyclic amines) is 1. The van der Waals surface area contributed by atoms with Crippen LogP contribution in [-0.2, 0) is 4.79 Å². The maximum atomic E-state index is 13.0. The summed E-state index contributed by atoms with van der Waals surface area (Å²) in [7, 11) is 0. The minimum Gasteiger partial charge on any atom is -0.349 e. The molecule has 148 valence electrons. The zero-order chi connectivity index (χ0) is 20.1. The van der Waals surface area contributed by atoms with Gasteiger partial charge in [0.15, 0.2) is 0 Å². The van der Waals surface area contributed by atoms with Gasteiger partial charge in [0.2, 0.25) is 5.91 Å². The van der Waals surface area contributed by atoms with Crippen LogP contribution in [0.3, 0.4) is 0 Å². The SMILES string of the molecule is CC[C@@H](C(=O)N1CCC(NC(=O)c2ccc(C)c(C)c2)CC1)c1ccccc1. The number of piperidine rings is 1. The molecular weight excluding hydrogens is 348 g/mol. The third kappa shape index (κ3) is 4.61. The van der Waals surface area contributed by atoms with Crippen LogP contribution < -0.4 is 5.32 Å². The molecule has 3 rings (SSSR count). The molecule has 4 nitrogen and oxygen atoms in total. The zero-order valence-electron chi connectivity index (χ0n) is 17.1. The minimum atomic E-state index is -0.0807. The Hall–Kier alpha value is -2.62. The highest BCUT2D eigenvalue weighted by Gasteiger charge is 2.28. The Morgan fingerprint density at radius 3 is 2.32 bits per heavy atom. The van der Waals surface area contributed by atoms with Crippen LogP contribution in [0, 0.1) is 13.8 Å². The molecule has 1 aliphatic heterocycles. The Labute approximate surface area is 167 Å². The van der Waals surface area contributed by atoms with Crippen molar-refractivity contribution >= 4 is 11.8 Å². The van der Waals surface area contributed by atoms with Gasteiger partial charge in [0.1, 0.15) is 0 Å². The highest BCUT2D eigenvalue weighted by atomic mass is 16.2. The summed E-state index contributed by atoms with van der Waals surface area (Å²) in [5.74, 6) is 0.0964. The number of hydrogen-bond donors (Lipinski definition) is 1. The lowest BCUT2D eigenvalue weighted by atomic mass is 9.93. The van der Waals surface area contributed by atoms with Gasteiger partial charge in [-0.3, -0.25) is 9.59 Å². The topological polar surface area (TPSA) is 49.4 Å². The number of carbonyl (C=O) groups is 2. The van der Waals surface area contributed by atoms with E-state index in [4.69, 9.17) is 0 Å². The van der Waals surface area contributed by atoms with E-state index in [1.54, 1.807) is 0 Å². The van der Waals surface area contributed by atoms with Gasteiger partial charge in [-0.1, -0.05) is 43.3 Å². The fourth-order valence-electron chi connectivity index (χ4n) is 3.85. The third-order valence-corrected chi connectivity index (χ3v) is 5.82. The summed E-state index contributed by atoms with van der Waals surface area (Å²) in [6.45, 7) is 7.52. The summed E-state index contributed by atoms with van der Waals surface area (Å²) in [4.78, 5) is 27.5. The fraction of sp³-hybridized carbons (Fsp3) is 0.417. The molecule has 4 heteroatoms. The van der Waals surface area contributed by atoms with E-state index in [0.29, 0.717) is 18.7 Å². The van der Waals surface area contributed by atoms with Gasteiger partial charge in [0.25, 0.3) is 5.91 Å². The van der Waals surface area contributed by atoms with Gasteiger partial charge in [-0.25, -0.2) is 0 Å². The Morgan fingerprint density at radius 1 is 1.04 bits per heavy atom. The van der Waals surface area contributed by atoms with Crippen LogP contribution in [0.5, 0.6) is 0 Å². The molecule has 0 aliphatic carbocycles. The summed E-state index contributed by atoms with van der Waals surface area (Å²) in [6.07, 6.45) is 2.40. The second-order valence-corrected chi connectivity index (χ2v) is 7.74. The van der Waals surface area contributed by atoms with Crippen molar-refractivity contribution in [2.45, 2.75) is 52.0 Å². The number of benzene rings is 2. The van der Waals surface area contributed by atoms with Gasteiger partial charge in [-0.15, -0.1) is 0 Å². The standard InChI is InChI=1S/C24H30N2O2/c1-4-22(19-8-6-5-7-9-19)24(28)26-14-12-21(13-15-26)25-23(27)20-11-10-17(2)18(3)16-20/h5-11,16,21-22H,4,12-15H2,1-3H3,(H,25,27)/t22-/m1/s1. The van der Waals surface area contributed by atoms with Crippen LogP contribution >= 0.6 is 0 Å². The lowest BCUT2D eigenvalue weighted by Crippen LogP contribution is -2.47. The number of amides is 2. The highest BCUT2D eigenvalue weighted by Crippen LogP contribution is 2.24. The Balaban J connectivity index is 1.55. The molecular formula is C24H30N2O2. The van der Waals surface area contributed by atoms with E-state index in [-0.39, 0.29) is 23.8 Å². The quantitative estimate of drug-likeness (QED) is 0.847. The van der Waals surface area contributed by atoms with Crippen molar-refractivity contribution in [1.82, 2.24) is 10.2 Å². The van der Waals surface area contributed by atoms with Crippen molar-refractivity contribution in [3.05, 3.63) is 70.8 Å².